The molecule has 118 valence electrons. The summed E-state index contributed by atoms with van der Waals surface area (Å²) in [5.74, 6) is -0.594. The summed E-state index contributed by atoms with van der Waals surface area (Å²) in [6.07, 6.45) is 2.23. The van der Waals surface area contributed by atoms with Crippen LogP contribution in [0, 0.1) is 5.82 Å². The average Bonchev–Trinajstić information content (AvgIpc) is 2.50. The SMILES string of the molecule is O=C(CCCCCOc1cc(=O)oc2ccc(F)cc12)NO. The molecule has 1 amide bonds. The summed E-state index contributed by atoms with van der Waals surface area (Å²) in [5, 5.41) is 8.74. The monoisotopic (exact) mass is 309 g/mol. The Balaban J connectivity index is 1.93. The largest absolute Gasteiger partial charge is 0.493 e. The zero-order chi connectivity index (χ0) is 15.9. The summed E-state index contributed by atoms with van der Waals surface area (Å²) in [5.41, 5.74) is 1.27. The minimum Gasteiger partial charge on any atom is -0.493 e. The number of fused-ring (bicyclic) bond motifs is 1. The third kappa shape index (κ3) is 4.29. The van der Waals surface area contributed by atoms with Crippen LogP contribution in [-0.4, -0.2) is 17.7 Å². The second kappa shape index (κ2) is 7.56. The van der Waals surface area contributed by atoms with Gasteiger partial charge in [0.2, 0.25) is 5.91 Å². The molecule has 7 heteroatoms. The van der Waals surface area contributed by atoms with Crippen LogP contribution in [-0.2, 0) is 4.79 Å². The molecule has 0 unspecified atom stereocenters. The Labute approximate surface area is 125 Å². The summed E-state index contributed by atoms with van der Waals surface area (Å²) in [7, 11) is 0. The number of unbranched alkanes of at least 4 members (excludes halogenated alkanes) is 2. The van der Waals surface area contributed by atoms with Gasteiger partial charge >= 0.3 is 5.63 Å². The van der Waals surface area contributed by atoms with E-state index in [2.05, 4.69) is 0 Å². The highest BCUT2D eigenvalue weighted by Crippen LogP contribution is 2.24. The van der Waals surface area contributed by atoms with Gasteiger partial charge in [-0.1, -0.05) is 0 Å². The van der Waals surface area contributed by atoms with Crippen molar-refractivity contribution in [3.8, 4) is 5.75 Å². The van der Waals surface area contributed by atoms with Gasteiger partial charge in [-0.3, -0.25) is 10.0 Å². The molecule has 1 heterocycles. The van der Waals surface area contributed by atoms with E-state index in [-0.39, 0.29) is 17.8 Å². The fourth-order valence-electron chi connectivity index (χ4n) is 2.03. The van der Waals surface area contributed by atoms with Gasteiger partial charge in [0.1, 0.15) is 17.1 Å². The molecule has 2 rings (SSSR count). The van der Waals surface area contributed by atoms with Gasteiger partial charge in [0, 0.05) is 6.42 Å². The second-order valence-corrected chi connectivity index (χ2v) is 4.76. The standard InChI is InChI=1S/C15H16FNO5/c16-10-5-6-12-11(8-10)13(9-15(19)22-12)21-7-3-1-2-4-14(18)17-20/h5-6,8-9,20H,1-4,7H2,(H,17,18). The topological polar surface area (TPSA) is 88.8 Å². The number of nitrogens with one attached hydrogen (secondary N) is 1. The molecule has 0 fully saturated rings. The van der Waals surface area contributed by atoms with Crippen LogP contribution < -0.4 is 15.8 Å². The van der Waals surface area contributed by atoms with Crippen molar-refractivity contribution in [1.29, 1.82) is 0 Å². The zero-order valence-electron chi connectivity index (χ0n) is 11.8. The number of rotatable bonds is 7. The molecule has 0 radical (unpaired) electrons. The highest BCUT2D eigenvalue weighted by Gasteiger charge is 2.08. The number of hydroxylamine groups is 1. The van der Waals surface area contributed by atoms with Crippen molar-refractivity contribution in [3.63, 3.8) is 0 Å². The maximum absolute atomic E-state index is 13.3. The van der Waals surface area contributed by atoms with Crippen LogP contribution >= 0.6 is 0 Å². The first-order chi connectivity index (χ1) is 10.6. The van der Waals surface area contributed by atoms with E-state index in [0.29, 0.717) is 24.8 Å². The Kier molecular flexibility index (Phi) is 5.48. The number of halogens is 1. The van der Waals surface area contributed by atoms with E-state index in [9.17, 15) is 14.0 Å². The lowest BCUT2D eigenvalue weighted by Gasteiger charge is -2.08. The number of carbonyl (C=O) groups excluding carboxylic acids is 1. The lowest BCUT2D eigenvalue weighted by molar-refractivity contribution is -0.129. The van der Waals surface area contributed by atoms with Crippen LogP contribution in [0.3, 0.4) is 0 Å². The molecule has 22 heavy (non-hydrogen) atoms. The van der Waals surface area contributed by atoms with E-state index < -0.39 is 17.3 Å². The molecule has 2 N–H and O–H groups in total. The molecule has 2 aromatic rings. The highest BCUT2D eigenvalue weighted by molar-refractivity contribution is 5.83. The minimum atomic E-state index is -0.561. The van der Waals surface area contributed by atoms with Crippen molar-refractivity contribution in [3.05, 3.63) is 40.5 Å². The molecule has 0 aliphatic rings. The predicted molar refractivity (Wildman–Crippen MR) is 76.3 cm³/mol. The first-order valence-corrected chi connectivity index (χ1v) is 6.89. The Bertz CT molecular complexity index is 713. The van der Waals surface area contributed by atoms with Crippen LogP contribution in [0.2, 0.25) is 0 Å². The molecule has 1 aromatic heterocycles. The first-order valence-electron chi connectivity index (χ1n) is 6.89. The third-order valence-electron chi connectivity index (χ3n) is 3.10. The lowest BCUT2D eigenvalue weighted by atomic mass is 10.2. The number of hydrogen-bond acceptors (Lipinski definition) is 5. The molecule has 1 aromatic carbocycles. The number of carbonyl (C=O) groups is 1. The Hall–Kier alpha value is -2.41. The van der Waals surface area contributed by atoms with Crippen molar-refractivity contribution in [2.24, 2.45) is 0 Å². The van der Waals surface area contributed by atoms with E-state index in [4.69, 9.17) is 14.4 Å². The Morgan fingerprint density at radius 1 is 1.27 bits per heavy atom. The molecule has 0 bridgehead atoms. The molecule has 0 saturated carbocycles. The molecular weight excluding hydrogens is 293 g/mol. The van der Waals surface area contributed by atoms with Gasteiger partial charge in [0.15, 0.2) is 0 Å². The van der Waals surface area contributed by atoms with Gasteiger partial charge in [0.25, 0.3) is 0 Å². The molecule has 0 spiro atoms. The van der Waals surface area contributed by atoms with Gasteiger partial charge in [0.05, 0.1) is 18.1 Å². The lowest BCUT2D eigenvalue weighted by Crippen LogP contribution is -2.17. The maximum Gasteiger partial charge on any atom is 0.339 e. The van der Waals surface area contributed by atoms with E-state index in [1.54, 1.807) is 5.48 Å². The number of hydrogen-bond donors (Lipinski definition) is 2. The van der Waals surface area contributed by atoms with Crippen LogP contribution in [0.25, 0.3) is 11.0 Å². The Morgan fingerprint density at radius 2 is 2.09 bits per heavy atom. The fourth-order valence-corrected chi connectivity index (χ4v) is 2.03. The van der Waals surface area contributed by atoms with Crippen LogP contribution in [0.15, 0.2) is 33.5 Å². The summed E-state index contributed by atoms with van der Waals surface area (Å²) in [6, 6.07) is 5.02. The van der Waals surface area contributed by atoms with Gasteiger partial charge in [-0.2, -0.15) is 0 Å². The first kappa shape index (κ1) is 16.0. The highest BCUT2D eigenvalue weighted by atomic mass is 19.1. The number of benzene rings is 1. The van der Waals surface area contributed by atoms with Crippen molar-refractivity contribution in [2.45, 2.75) is 25.7 Å². The summed E-state index contributed by atoms with van der Waals surface area (Å²) < 4.78 is 23.8. The molecular formula is C15H16FNO5. The van der Waals surface area contributed by atoms with Gasteiger partial charge in [-0.15, -0.1) is 0 Å². The predicted octanol–water partition coefficient (Wildman–Crippen LogP) is 2.38. The Morgan fingerprint density at radius 3 is 2.86 bits per heavy atom. The maximum atomic E-state index is 13.3. The fraction of sp³-hybridized carbons (Fsp3) is 0.333. The third-order valence-corrected chi connectivity index (χ3v) is 3.10. The summed E-state index contributed by atoms with van der Waals surface area (Å²) >= 11 is 0. The van der Waals surface area contributed by atoms with Crippen molar-refractivity contribution < 1.29 is 23.5 Å². The number of amides is 1. The molecule has 0 aliphatic heterocycles. The number of ether oxygens (including phenoxy) is 1. The minimum absolute atomic E-state index is 0.236. The second-order valence-electron chi connectivity index (χ2n) is 4.76. The average molecular weight is 309 g/mol. The molecule has 0 aliphatic carbocycles. The van der Waals surface area contributed by atoms with Gasteiger partial charge < -0.3 is 9.15 Å². The van der Waals surface area contributed by atoms with Crippen molar-refractivity contribution in [2.75, 3.05) is 6.61 Å². The van der Waals surface area contributed by atoms with E-state index in [1.807, 2.05) is 0 Å². The quantitative estimate of drug-likeness (QED) is 0.355. The van der Waals surface area contributed by atoms with Crippen LogP contribution in [0.5, 0.6) is 5.75 Å². The van der Waals surface area contributed by atoms with E-state index >= 15 is 0 Å². The van der Waals surface area contributed by atoms with Crippen LogP contribution in [0.4, 0.5) is 4.39 Å². The van der Waals surface area contributed by atoms with Crippen molar-refractivity contribution >= 4 is 16.9 Å². The van der Waals surface area contributed by atoms with Gasteiger partial charge in [-0.25, -0.2) is 14.7 Å². The van der Waals surface area contributed by atoms with Crippen molar-refractivity contribution in [1.82, 2.24) is 5.48 Å². The zero-order valence-corrected chi connectivity index (χ0v) is 11.8. The van der Waals surface area contributed by atoms with Gasteiger partial charge in [-0.05, 0) is 37.5 Å². The molecule has 0 atom stereocenters. The summed E-state index contributed by atoms with van der Waals surface area (Å²) in [6.45, 7) is 0.329. The van der Waals surface area contributed by atoms with E-state index in [1.165, 1.54) is 24.3 Å². The molecule has 0 saturated heterocycles. The molecule has 6 nitrogen and oxygen atoms in total. The smallest absolute Gasteiger partial charge is 0.339 e. The summed E-state index contributed by atoms with van der Waals surface area (Å²) in [4.78, 5) is 22.2. The van der Waals surface area contributed by atoms with Crippen LogP contribution in [0.1, 0.15) is 25.7 Å². The normalized spacial score (nSPS) is 10.6. The van der Waals surface area contributed by atoms with E-state index in [0.717, 1.165) is 6.42 Å².